The Morgan fingerprint density at radius 1 is 1.33 bits per heavy atom. The van der Waals surface area contributed by atoms with Gasteiger partial charge in [0.1, 0.15) is 5.41 Å². The van der Waals surface area contributed by atoms with Crippen LogP contribution in [0.5, 0.6) is 0 Å². The van der Waals surface area contributed by atoms with Crippen molar-refractivity contribution in [2.45, 2.75) is 26.3 Å². The van der Waals surface area contributed by atoms with Crippen molar-refractivity contribution in [1.29, 1.82) is 0 Å². The van der Waals surface area contributed by atoms with Crippen molar-refractivity contribution in [3.8, 4) is 0 Å². The van der Waals surface area contributed by atoms with Crippen LogP contribution < -0.4 is 5.32 Å². The zero-order valence-corrected chi connectivity index (χ0v) is 15.4. The number of nitrogens with one attached hydrogen (secondary N) is 1. The Hall–Kier alpha value is -1.60. The predicted molar refractivity (Wildman–Crippen MR) is 93.7 cm³/mol. The predicted octanol–water partition coefficient (Wildman–Crippen LogP) is 1.95. The van der Waals surface area contributed by atoms with Crippen LogP contribution in [0.2, 0.25) is 5.02 Å². The second-order valence-corrected chi connectivity index (χ2v) is 9.23. The number of anilines is 1. The molecule has 1 atom stereocenters. The van der Waals surface area contributed by atoms with Crippen LogP contribution in [0.15, 0.2) is 24.3 Å². The van der Waals surface area contributed by atoms with E-state index in [1.165, 1.54) is 18.7 Å². The minimum absolute atomic E-state index is 0.0543. The Bertz CT molecular complexity index is 761. The summed E-state index contributed by atoms with van der Waals surface area (Å²) in [5, 5.41) is 3.15. The van der Waals surface area contributed by atoms with Gasteiger partial charge >= 0.3 is 0 Å². The van der Waals surface area contributed by atoms with Gasteiger partial charge in [-0.2, -0.15) is 0 Å². The molecule has 1 aromatic rings. The Kier molecular flexibility index (Phi) is 5.25. The summed E-state index contributed by atoms with van der Waals surface area (Å²) >= 11 is 5.89. The molecule has 2 rings (SSSR count). The third kappa shape index (κ3) is 4.08. The zero-order valence-electron chi connectivity index (χ0n) is 13.9. The number of sulfone groups is 1. The lowest BCUT2D eigenvalue weighted by molar-refractivity contribution is -0.146. The Balaban J connectivity index is 2.10. The number of carbonyl (C=O) groups is 2. The van der Waals surface area contributed by atoms with E-state index in [1.807, 2.05) is 0 Å². The summed E-state index contributed by atoms with van der Waals surface area (Å²) < 4.78 is 23.2. The lowest BCUT2D eigenvalue weighted by Gasteiger charge is -2.31. The minimum atomic E-state index is -3.10. The molecule has 1 unspecified atom stereocenters. The fourth-order valence-corrected chi connectivity index (χ4v) is 4.60. The molecule has 0 aliphatic carbocycles. The van der Waals surface area contributed by atoms with Gasteiger partial charge < -0.3 is 10.2 Å². The Morgan fingerprint density at radius 2 is 2.00 bits per heavy atom. The summed E-state index contributed by atoms with van der Waals surface area (Å²) in [6.45, 7) is 3.05. The topological polar surface area (TPSA) is 83.6 Å². The first kappa shape index (κ1) is 18.7. The fraction of sp³-hybridized carbons (Fsp3) is 0.500. The van der Waals surface area contributed by atoms with Crippen LogP contribution in [-0.2, 0) is 19.4 Å². The first-order valence-corrected chi connectivity index (χ1v) is 9.77. The molecule has 1 aliphatic rings. The molecule has 0 aromatic heterocycles. The molecule has 24 heavy (non-hydrogen) atoms. The number of amides is 2. The van der Waals surface area contributed by atoms with E-state index < -0.39 is 27.1 Å². The molecule has 1 aliphatic heterocycles. The van der Waals surface area contributed by atoms with E-state index in [1.54, 1.807) is 31.3 Å². The second-order valence-electron chi connectivity index (χ2n) is 6.56. The molecule has 1 N–H and O–H groups in total. The highest BCUT2D eigenvalue weighted by atomic mass is 35.5. The van der Waals surface area contributed by atoms with E-state index in [0.717, 1.165) is 0 Å². The normalized spacial score (nSPS) is 19.8. The van der Waals surface area contributed by atoms with Crippen molar-refractivity contribution in [3.63, 3.8) is 0 Å². The standard InChI is InChI=1S/C16H21ClN2O4S/c1-16(2,14(20)18-12-6-4-5-11(17)9-12)15(21)19(3)13-7-8-24(22,23)10-13/h4-6,9,13H,7-8,10H2,1-3H3,(H,18,20). The fourth-order valence-electron chi connectivity index (χ4n) is 2.64. The zero-order chi connectivity index (χ0) is 18.1. The van der Waals surface area contributed by atoms with Gasteiger partial charge in [0.15, 0.2) is 9.84 Å². The van der Waals surface area contributed by atoms with Crippen molar-refractivity contribution in [2.24, 2.45) is 5.41 Å². The van der Waals surface area contributed by atoms with E-state index in [4.69, 9.17) is 11.6 Å². The van der Waals surface area contributed by atoms with Gasteiger partial charge in [-0.05, 0) is 38.5 Å². The third-order valence-electron chi connectivity index (χ3n) is 4.26. The molecule has 0 bridgehead atoms. The molecule has 2 amide bonds. The van der Waals surface area contributed by atoms with Gasteiger partial charge in [-0.3, -0.25) is 9.59 Å². The van der Waals surface area contributed by atoms with E-state index >= 15 is 0 Å². The minimum Gasteiger partial charge on any atom is -0.341 e. The molecule has 132 valence electrons. The molecular weight excluding hydrogens is 352 g/mol. The SMILES string of the molecule is CN(C(=O)C(C)(C)C(=O)Nc1cccc(Cl)c1)C1CCS(=O)(=O)C1. The molecule has 8 heteroatoms. The summed E-state index contributed by atoms with van der Waals surface area (Å²) in [5.41, 5.74) is -0.830. The number of halogens is 1. The first-order chi connectivity index (χ1) is 11.0. The van der Waals surface area contributed by atoms with E-state index in [0.29, 0.717) is 17.1 Å². The summed E-state index contributed by atoms with van der Waals surface area (Å²) in [4.78, 5) is 26.6. The van der Waals surface area contributed by atoms with Crippen LogP contribution in [0.4, 0.5) is 5.69 Å². The van der Waals surface area contributed by atoms with Gasteiger partial charge in [0, 0.05) is 23.8 Å². The number of rotatable bonds is 4. The maximum absolute atomic E-state index is 12.7. The Labute approximate surface area is 147 Å². The average molecular weight is 373 g/mol. The van der Waals surface area contributed by atoms with E-state index in [-0.39, 0.29) is 17.5 Å². The van der Waals surface area contributed by atoms with Crippen molar-refractivity contribution in [3.05, 3.63) is 29.3 Å². The molecule has 0 spiro atoms. The second kappa shape index (κ2) is 6.72. The van der Waals surface area contributed by atoms with Crippen LogP contribution in [0.1, 0.15) is 20.3 Å². The lowest BCUT2D eigenvalue weighted by Crippen LogP contribution is -2.49. The number of benzene rings is 1. The van der Waals surface area contributed by atoms with Gasteiger partial charge in [-0.25, -0.2) is 8.42 Å². The molecule has 0 saturated carbocycles. The van der Waals surface area contributed by atoms with E-state index in [2.05, 4.69) is 5.32 Å². The molecular formula is C16H21ClN2O4S. The summed E-state index contributed by atoms with van der Waals surface area (Å²) in [6.07, 6.45) is 0.399. The molecule has 1 fully saturated rings. The van der Waals surface area contributed by atoms with Gasteiger partial charge in [-0.15, -0.1) is 0 Å². The lowest BCUT2D eigenvalue weighted by atomic mass is 9.89. The average Bonchev–Trinajstić information content (AvgIpc) is 2.85. The van der Waals surface area contributed by atoms with E-state index in [9.17, 15) is 18.0 Å². The number of nitrogens with zero attached hydrogens (tertiary/aromatic N) is 1. The Morgan fingerprint density at radius 3 is 2.54 bits per heavy atom. The highest BCUT2D eigenvalue weighted by Crippen LogP contribution is 2.26. The largest absolute Gasteiger partial charge is 0.341 e. The van der Waals surface area contributed by atoms with Crippen LogP contribution in [0.3, 0.4) is 0 Å². The third-order valence-corrected chi connectivity index (χ3v) is 6.25. The molecule has 0 radical (unpaired) electrons. The van der Waals surface area contributed by atoms with Gasteiger partial charge in [0.05, 0.1) is 11.5 Å². The molecule has 1 heterocycles. The smallest absolute Gasteiger partial charge is 0.239 e. The summed E-state index contributed by atoms with van der Waals surface area (Å²) in [7, 11) is -1.56. The highest BCUT2D eigenvalue weighted by Gasteiger charge is 2.42. The van der Waals surface area contributed by atoms with Crippen LogP contribution in [0, 0.1) is 5.41 Å². The van der Waals surface area contributed by atoms with Gasteiger partial charge in [0.25, 0.3) is 0 Å². The van der Waals surface area contributed by atoms with Gasteiger partial charge in [-0.1, -0.05) is 17.7 Å². The summed E-state index contributed by atoms with van der Waals surface area (Å²) in [6, 6.07) is 6.26. The summed E-state index contributed by atoms with van der Waals surface area (Å²) in [5.74, 6) is -0.863. The van der Waals surface area contributed by atoms with Gasteiger partial charge in [0.2, 0.25) is 11.8 Å². The maximum atomic E-state index is 12.7. The number of hydrogen-bond acceptors (Lipinski definition) is 4. The molecule has 1 aromatic carbocycles. The van der Waals surface area contributed by atoms with Crippen LogP contribution in [0.25, 0.3) is 0 Å². The quantitative estimate of drug-likeness (QED) is 0.819. The van der Waals surface area contributed by atoms with Crippen molar-refractivity contribution >= 4 is 38.9 Å². The number of carbonyl (C=O) groups excluding carboxylic acids is 2. The van der Waals surface area contributed by atoms with Crippen molar-refractivity contribution < 1.29 is 18.0 Å². The number of hydrogen-bond donors (Lipinski definition) is 1. The monoisotopic (exact) mass is 372 g/mol. The van der Waals surface area contributed by atoms with Crippen LogP contribution >= 0.6 is 11.6 Å². The highest BCUT2D eigenvalue weighted by molar-refractivity contribution is 7.91. The first-order valence-electron chi connectivity index (χ1n) is 7.57. The maximum Gasteiger partial charge on any atom is 0.239 e. The van der Waals surface area contributed by atoms with Crippen molar-refractivity contribution in [2.75, 3.05) is 23.9 Å². The molecule has 1 saturated heterocycles. The van der Waals surface area contributed by atoms with Crippen molar-refractivity contribution in [1.82, 2.24) is 4.90 Å². The van der Waals surface area contributed by atoms with Crippen LogP contribution in [-0.4, -0.2) is 49.7 Å². The molecule has 6 nitrogen and oxygen atoms in total.